The molecule has 3 rings (SSSR count). The Morgan fingerprint density at radius 3 is 2.40 bits per heavy atom. The minimum Gasteiger partial charge on any atom is -0.295 e. The van der Waals surface area contributed by atoms with Crippen molar-refractivity contribution in [2.24, 2.45) is 5.92 Å². The second-order valence-electron chi connectivity index (χ2n) is 6.38. The number of hydrogen-bond donors (Lipinski definition) is 0. The van der Waals surface area contributed by atoms with Gasteiger partial charge >= 0.3 is 0 Å². The summed E-state index contributed by atoms with van der Waals surface area (Å²) in [5, 5.41) is 0. The molecule has 0 amide bonds. The van der Waals surface area contributed by atoms with Crippen LogP contribution in [0, 0.1) is 12.8 Å². The number of ketones is 2. The van der Waals surface area contributed by atoms with E-state index >= 15 is 0 Å². The number of carbonyl (C=O) groups excluding carboxylic acids is 2. The zero-order chi connectivity index (χ0) is 17.8. The quantitative estimate of drug-likeness (QED) is 0.696. The molecule has 0 N–H and O–H groups in total. The van der Waals surface area contributed by atoms with Crippen LogP contribution >= 0.6 is 11.8 Å². The van der Waals surface area contributed by atoms with E-state index in [1.54, 1.807) is 17.8 Å². The molecule has 1 aliphatic rings. The smallest absolute Gasteiger partial charge is 0.171 e. The van der Waals surface area contributed by atoms with Gasteiger partial charge in [-0.3, -0.25) is 9.59 Å². The molecule has 0 bridgehead atoms. The van der Waals surface area contributed by atoms with Crippen LogP contribution in [0.15, 0.2) is 65.6 Å². The molecule has 0 fully saturated rings. The molecule has 0 saturated carbocycles. The van der Waals surface area contributed by atoms with Crippen LogP contribution in [0.5, 0.6) is 0 Å². The van der Waals surface area contributed by atoms with E-state index < -0.39 is 0 Å². The molecule has 0 spiro atoms. The van der Waals surface area contributed by atoms with Crippen molar-refractivity contribution in [1.82, 2.24) is 0 Å². The van der Waals surface area contributed by atoms with Crippen LogP contribution in [0.1, 0.15) is 40.7 Å². The zero-order valence-electron chi connectivity index (χ0n) is 14.6. The van der Waals surface area contributed by atoms with Crippen molar-refractivity contribution >= 4 is 23.3 Å². The third-order valence-electron chi connectivity index (χ3n) is 4.59. The molecule has 25 heavy (non-hydrogen) atoms. The fraction of sp³-hybridized carbons (Fsp3) is 0.273. The van der Waals surface area contributed by atoms with Crippen LogP contribution in [-0.2, 0) is 4.79 Å². The first-order valence-corrected chi connectivity index (χ1v) is 9.61. The molecule has 3 heteroatoms. The van der Waals surface area contributed by atoms with Gasteiger partial charge in [0.1, 0.15) is 0 Å². The predicted molar refractivity (Wildman–Crippen MR) is 104 cm³/mol. The molecular weight excluding hydrogens is 328 g/mol. The van der Waals surface area contributed by atoms with Gasteiger partial charge in [-0.25, -0.2) is 0 Å². The van der Waals surface area contributed by atoms with E-state index in [0.29, 0.717) is 12.0 Å². The van der Waals surface area contributed by atoms with Crippen LogP contribution in [0.2, 0.25) is 0 Å². The Balaban J connectivity index is 2.05. The predicted octanol–water partition coefficient (Wildman–Crippen LogP) is 5.19. The van der Waals surface area contributed by atoms with Crippen molar-refractivity contribution < 1.29 is 9.59 Å². The fourth-order valence-electron chi connectivity index (χ4n) is 3.36. The van der Waals surface area contributed by atoms with E-state index in [9.17, 15) is 9.59 Å². The molecule has 1 aliphatic carbocycles. The zero-order valence-corrected chi connectivity index (χ0v) is 15.4. The molecule has 2 nitrogen and oxygen atoms in total. The summed E-state index contributed by atoms with van der Waals surface area (Å²) in [6, 6.07) is 17.6. The summed E-state index contributed by atoms with van der Waals surface area (Å²) in [6.45, 7) is 4.09. The maximum atomic E-state index is 13.3. The average Bonchev–Trinajstić information content (AvgIpc) is 2.62. The summed E-state index contributed by atoms with van der Waals surface area (Å²) < 4.78 is 0. The van der Waals surface area contributed by atoms with Crippen molar-refractivity contribution in [3.63, 3.8) is 0 Å². The number of allylic oxidation sites excluding steroid dienone is 2. The lowest BCUT2D eigenvalue weighted by molar-refractivity contribution is -0.115. The second kappa shape index (κ2) is 7.83. The molecular formula is C22H22O2S. The van der Waals surface area contributed by atoms with Gasteiger partial charge in [-0.15, -0.1) is 11.8 Å². The Morgan fingerprint density at radius 2 is 1.76 bits per heavy atom. The molecule has 0 unspecified atom stereocenters. The Morgan fingerprint density at radius 1 is 1.08 bits per heavy atom. The lowest BCUT2D eigenvalue weighted by Gasteiger charge is -2.31. The highest BCUT2D eigenvalue weighted by Gasteiger charge is 2.37. The van der Waals surface area contributed by atoms with Crippen molar-refractivity contribution in [1.29, 1.82) is 0 Å². The first kappa shape index (κ1) is 17.7. The minimum atomic E-state index is -0.284. The normalized spacial score (nSPS) is 20.2. The lowest BCUT2D eigenvalue weighted by atomic mass is 9.75. The summed E-state index contributed by atoms with van der Waals surface area (Å²) in [5.41, 5.74) is 2.95. The van der Waals surface area contributed by atoms with Gasteiger partial charge in [0.2, 0.25) is 0 Å². The van der Waals surface area contributed by atoms with Gasteiger partial charge in [0.05, 0.1) is 5.92 Å². The summed E-state index contributed by atoms with van der Waals surface area (Å²) in [6.07, 6.45) is 2.07. The standard InChI is InChI=1S/C22H22O2S/c1-3-25-20-14-18(23)13-19(16-11-9-15(2)10-12-16)21(20)22(24)17-7-5-4-6-8-17/h4-12,14,19,21H,3,13H2,1-2H3/t19-,21+/m1/s1. The topological polar surface area (TPSA) is 34.1 Å². The minimum absolute atomic E-state index is 0.0974. The molecule has 0 heterocycles. The summed E-state index contributed by atoms with van der Waals surface area (Å²) in [5.74, 6) is 0.676. The lowest BCUT2D eigenvalue weighted by Crippen LogP contribution is -2.29. The van der Waals surface area contributed by atoms with Crippen LogP contribution in [0.4, 0.5) is 0 Å². The Hall–Kier alpha value is -2.13. The number of benzene rings is 2. The first-order valence-electron chi connectivity index (χ1n) is 8.63. The van der Waals surface area contributed by atoms with E-state index in [1.165, 1.54) is 5.56 Å². The number of rotatable bonds is 5. The highest BCUT2D eigenvalue weighted by atomic mass is 32.2. The van der Waals surface area contributed by atoms with Gasteiger partial charge in [-0.05, 0) is 29.2 Å². The molecule has 2 atom stereocenters. The van der Waals surface area contributed by atoms with Gasteiger partial charge in [-0.2, -0.15) is 0 Å². The van der Waals surface area contributed by atoms with Crippen molar-refractivity contribution in [2.45, 2.75) is 26.2 Å². The maximum absolute atomic E-state index is 13.3. The largest absolute Gasteiger partial charge is 0.295 e. The molecule has 2 aromatic carbocycles. The van der Waals surface area contributed by atoms with Crippen LogP contribution in [0.3, 0.4) is 0 Å². The average molecular weight is 350 g/mol. The molecule has 128 valence electrons. The first-order chi connectivity index (χ1) is 12.1. The molecule has 0 aliphatic heterocycles. The third-order valence-corrected chi connectivity index (χ3v) is 5.58. The number of carbonyl (C=O) groups is 2. The highest BCUT2D eigenvalue weighted by molar-refractivity contribution is 8.03. The fourth-order valence-corrected chi connectivity index (χ4v) is 4.36. The van der Waals surface area contributed by atoms with Gasteiger partial charge in [0, 0.05) is 17.9 Å². The number of hydrogen-bond acceptors (Lipinski definition) is 3. The highest BCUT2D eigenvalue weighted by Crippen LogP contribution is 2.43. The van der Waals surface area contributed by atoms with Gasteiger partial charge in [0.15, 0.2) is 11.6 Å². The van der Waals surface area contributed by atoms with Crippen LogP contribution in [0.25, 0.3) is 0 Å². The monoisotopic (exact) mass is 350 g/mol. The van der Waals surface area contributed by atoms with Gasteiger partial charge < -0.3 is 0 Å². The van der Waals surface area contributed by atoms with Crippen LogP contribution in [-0.4, -0.2) is 17.3 Å². The summed E-state index contributed by atoms with van der Waals surface area (Å²) in [7, 11) is 0. The Kier molecular flexibility index (Phi) is 5.54. The van der Waals surface area contributed by atoms with E-state index in [0.717, 1.165) is 16.2 Å². The second-order valence-corrected chi connectivity index (χ2v) is 7.71. The van der Waals surface area contributed by atoms with E-state index in [2.05, 4.69) is 31.2 Å². The van der Waals surface area contributed by atoms with E-state index in [-0.39, 0.29) is 23.4 Å². The van der Waals surface area contributed by atoms with Crippen LogP contribution < -0.4 is 0 Å². The summed E-state index contributed by atoms with van der Waals surface area (Å²) in [4.78, 5) is 26.5. The van der Waals surface area contributed by atoms with E-state index in [1.807, 2.05) is 37.3 Å². The molecule has 0 saturated heterocycles. The van der Waals surface area contributed by atoms with Crippen molar-refractivity contribution in [3.05, 3.63) is 82.3 Å². The van der Waals surface area contributed by atoms with Crippen molar-refractivity contribution in [3.8, 4) is 0 Å². The third kappa shape index (κ3) is 3.93. The SMILES string of the molecule is CCSC1=CC(=O)C[C@H](c2ccc(C)cc2)[C@@H]1C(=O)c1ccccc1. The number of thioether (sulfide) groups is 1. The molecule has 0 aromatic heterocycles. The van der Waals surface area contributed by atoms with Gasteiger partial charge in [-0.1, -0.05) is 67.1 Å². The molecule has 2 aromatic rings. The Labute approximate surface area is 153 Å². The van der Waals surface area contributed by atoms with E-state index in [4.69, 9.17) is 0 Å². The Bertz CT molecular complexity index is 791. The number of Topliss-reactive ketones (excluding diaryl/α,β-unsaturated/α-hetero) is 1. The van der Waals surface area contributed by atoms with Crippen molar-refractivity contribution in [2.75, 3.05) is 5.75 Å². The van der Waals surface area contributed by atoms with Gasteiger partial charge in [0.25, 0.3) is 0 Å². The molecule has 0 radical (unpaired) electrons. The summed E-state index contributed by atoms with van der Waals surface area (Å²) >= 11 is 1.61. The maximum Gasteiger partial charge on any atom is 0.171 e. The number of aryl methyl sites for hydroxylation is 1.